The van der Waals surface area contributed by atoms with Crippen LogP contribution >= 0.6 is 8.18 Å². The second-order valence-electron chi connectivity index (χ2n) is 8.79. The Labute approximate surface area is 212 Å². The molecular formula is C23H30FN3O9P+. The number of alkyl halides is 1. The first-order valence-corrected chi connectivity index (χ1v) is 12.8. The first-order valence-electron chi connectivity index (χ1n) is 11.6. The number of aliphatic hydroxyl groups excluding tert-OH is 1. The molecule has 1 fully saturated rings. The Morgan fingerprint density at radius 1 is 1.30 bits per heavy atom. The van der Waals surface area contributed by atoms with E-state index in [1.165, 1.54) is 0 Å². The van der Waals surface area contributed by atoms with Crippen molar-refractivity contribution < 1.29 is 37.7 Å². The van der Waals surface area contributed by atoms with Gasteiger partial charge in [0.2, 0.25) is 0 Å². The van der Waals surface area contributed by atoms with Gasteiger partial charge >= 0.3 is 19.8 Å². The number of carbonyl (C=O) groups is 1. The lowest BCUT2D eigenvalue weighted by Crippen LogP contribution is -2.45. The molecule has 1 aromatic carbocycles. The Morgan fingerprint density at radius 3 is 2.57 bits per heavy atom. The van der Waals surface area contributed by atoms with Gasteiger partial charge in [0.25, 0.3) is 5.56 Å². The number of carbonyl (C=O) groups excluding carboxylic acids is 1. The van der Waals surface area contributed by atoms with E-state index < -0.39 is 68.3 Å². The molecule has 0 radical (unpaired) electrons. The highest BCUT2D eigenvalue weighted by Gasteiger charge is 2.56. The van der Waals surface area contributed by atoms with Crippen LogP contribution in [-0.2, 0) is 23.7 Å². The van der Waals surface area contributed by atoms with Gasteiger partial charge in [-0.3, -0.25) is 24.0 Å². The Balaban J connectivity index is 1.83. The molecule has 1 aliphatic heterocycles. The molecule has 0 spiro atoms. The summed E-state index contributed by atoms with van der Waals surface area (Å²) in [5, 5.41) is 10.6. The number of esters is 1. The number of aromatic nitrogens is 2. The lowest BCUT2D eigenvalue weighted by molar-refractivity contribution is -0.185. The SMILES string of the molecule is CC[C@@H](C(=O)OC(C)C)N(OC[C@H]1O[C@@H](n2ccc(=O)[nH]c2=O)[C@](C)(F)[C@@H]1O)[P+](=O)Oc1ccccc1. The predicted molar refractivity (Wildman–Crippen MR) is 129 cm³/mol. The van der Waals surface area contributed by atoms with Crippen molar-refractivity contribution in [3.05, 3.63) is 63.4 Å². The number of benzene rings is 1. The number of nitrogens with zero attached hydrogens (tertiary/aromatic N) is 2. The number of aromatic amines is 1. The number of para-hydroxylation sites is 1. The van der Waals surface area contributed by atoms with Gasteiger partial charge in [-0.05, 0) is 39.3 Å². The van der Waals surface area contributed by atoms with E-state index in [0.717, 1.165) is 28.6 Å². The second-order valence-corrected chi connectivity index (χ2v) is 9.84. The summed E-state index contributed by atoms with van der Waals surface area (Å²) in [7, 11) is -2.81. The molecular weight excluding hydrogens is 512 g/mol. The Kier molecular flexibility index (Phi) is 9.32. The number of H-pyrrole nitrogens is 1. The first kappa shape index (κ1) is 28.6. The van der Waals surface area contributed by atoms with Gasteiger partial charge in [-0.25, -0.2) is 13.7 Å². The minimum atomic E-state index is -2.81. The summed E-state index contributed by atoms with van der Waals surface area (Å²) in [6.45, 7) is 5.43. The number of hydrogen-bond acceptors (Lipinski definition) is 9. The standard InChI is InChI=1S/C23H29FN3O9P/c1-5-16(20(30)34-14(2)3)27(37(32)36-15-9-7-6-8-10-15)33-13-17-19(29)23(4,24)21(35-17)26-12-11-18(28)25-22(26)31/h6-12,14,16-17,19,21,29H,5,13H2,1-4H3/p+1/t16-,17+,19+,21+,23+/m0/s1. The Bertz CT molecular complexity index is 1200. The van der Waals surface area contributed by atoms with E-state index in [1.54, 1.807) is 51.1 Å². The van der Waals surface area contributed by atoms with Crippen LogP contribution in [0.4, 0.5) is 4.39 Å². The monoisotopic (exact) mass is 542 g/mol. The maximum atomic E-state index is 15.5. The lowest BCUT2D eigenvalue weighted by atomic mass is 9.98. The maximum Gasteiger partial charge on any atom is 0.693 e. The van der Waals surface area contributed by atoms with Crippen LogP contribution in [-0.4, -0.2) is 62.1 Å². The molecule has 12 nitrogen and oxygen atoms in total. The molecule has 202 valence electrons. The normalized spacial score (nSPS) is 24.8. The number of aliphatic hydroxyl groups is 1. The largest absolute Gasteiger partial charge is 0.693 e. The van der Waals surface area contributed by atoms with Crippen molar-refractivity contribution in [2.75, 3.05) is 6.61 Å². The smallest absolute Gasteiger partial charge is 0.462 e. The number of hydrogen-bond donors (Lipinski definition) is 2. The van der Waals surface area contributed by atoms with E-state index in [2.05, 4.69) is 0 Å². The predicted octanol–water partition coefficient (Wildman–Crippen LogP) is 2.22. The van der Waals surface area contributed by atoms with Crippen LogP contribution in [0.25, 0.3) is 0 Å². The van der Waals surface area contributed by atoms with Crippen LogP contribution in [0.3, 0.4) is 0 Å². The molecule has 1 unspecified atom stereocenters. The molecule has 0 saturated carbocycles. The average Bonchev–Trinajstić information content (AvgIpc) is 3.05. The molecule has 14 heteroatoms. The highest BCUT2D eigenvalue weighted by Crippen LogP contribution is 2.41. The fourth-order valence-electron chi connectivity index (χ4n) is 3.70. The molecule has 0 amide bonds. The molecule has 3 rings (SSSR count). The van der Waals surface area contributed by atoms with Crippen molar-refractivity contribution in [3.63, 3.8) is 0 Å². The van der Waals surface area contributed by atoms with Crippen molar-refractivity contribution in [3.8, 4) is 5.75 Å². The van der Waals surface area contributed by atoms with Crippen molar-refractivity contribution in [2.45, 2.75) is 70.4 Å². The van der Waals surface area contributed by atoms with E-state index in [4.69, 9.17) is 18.8 Å². The zero-order chi connectivity index (χ0) is 27.3. The van der Waals surface area contributed by atoms with E-state index >= 15 is 4.39 Å². The van der Waals surface area contributed by atoms with Gasteiger partial charge in [-0.1, -0.05) is 25.1 Å². The van der Waals surface area contributed by atoms with Gasteiger partial charge in [-0.15, -0.1) is 0 Å². The molecule has 2 aromatic rings. The average molecular weight is 542 g/mol. The summed E-state index contributed by atoms with van der Waals surface area (Å²) >= 11 is 0. The number of rotatable bonds is 11. The molecule has 1 aromatic heterocycles. The van der Waals surface area contributed by atoms with Gasteiger partial charge in [0, 0.05) is 16.8 Å². The summed E-state index contributed by atoms with van der Waals surface area (Å²) in [5.41, 5.74) is -4.08. The van der Waals surface area contributed by atoms with Crippen molar-refractivity contribution in [2.24, 2.45) is 0 Å². The number of hydroxylamine groups is 1. The third-order valence-corrected chi connectivity index (χ3v) is 6.64. The van der Waals surface area contributed by atoms with E-state index in [0.29, 0.717) is 0 Å². The fraction of sp³-hybridized carbons (Fsp3) is 0.522. The second kappa shape index (κ2) is 12.1. The molecule has 0 aliphatic carbocycles. The van der Waals surface area contributed by atoms with Gasteiger partial charge < -0.3 is 14.6 Å². The minimum Gasteiger partial charge on any atom is -0.462 e. The van der Waals surface area contributed by atoms with Crippen LogP contribution in [0.15, 0.2) is 52.2 Å². The van der Waals surface area contributed by atoms with Gasteiger partial charge in [-0.2, -0.15) is 0 Å². The molecule has 6 atom stereocenters. The topological polar surface area (TPSA) is 149 Å². The van der Waals surface area contributed by atoms with Crippen LogP contribution < -0.4 is 15.8 Å². The van der Waals surface area contributed by atoms with E-state index in [-0.39, 0.29) is 12.2 Å². The number of nitrogens with one attached hydrogen (secondary N) is 1. The highest BCUT2D eigenvalue weighted by molar-refractivity contribution is 7.36. The summed E-state index contributed by atoms with van der Waals surface area (Å²) in [6.07, 6.45) is -4.02. The van der Waals surface area contributed by atoms with Gasteiger partial charge in [0.15, 0.2) is 23.7 Å². The molecule has 0 bridgehead atoms. The molecule has 1 aliphatic rings. The van der Waals surface area contributed by atoms with Gasteiger partial charge in [0.05, 0.1) is 10.9 Å². The van der Waals surface area contributed by atoms with E-state index in [1.807, 2.05) is 4.98 Å². The summed E-state index contributed by atoms with van der Waals surface area (Å²) in [5.74, 6) is -0.478. The first-order chi connectivity index (χ1) is 17.4. The third kappa shape index (κ3) is 6.68. The molecule has 37 heavy (non-hydrogen) atoms. The summed E-state index contributed by atoms with van der Waals surface area (Å²) in [6, 6.07) is 8.03. The highest BCUT2D eigenvalue weighted by atomic mass is 31.1. The van der Waals surface area contributed by atoms with Crippen LogP contribution in [0.1, 0.15) is 40.3 Å². The van der Waals surface area contributed by atoms with Crippen LogP contribution in [0.5, 0.6) is 5.75 Å². The zero-order valence-electron chi connectivity index (χ0n) is 20.8. The maximum absolute atomic E-state index is 15.5. The molecule has 1 saturated heterocycles. The minimum absolute atomic E-state index is 0.120. The van der Waals surface area contributed by atoms with Crippen LogP contribution in [0.2, 0.25) is 0 Å². The van der Waals surface area contributed by atoms with Crippen molar-refractivity contribution in [1.82, 2.24) is 14.4 Å². The summed E-state index contributed by atoms with van der Waals surface area (Å²) in [4.78, 5) is 44.7. The fourth-order valence-corrected chi connectivity index (χ4v) is 4.73. The lowest BCUT2D eigenvalue weighted by Gasteiger charge is -2.24. The Morgan fingerprint density at radius 2 is 1.97 bits per heavy atom. The van der Waals surface area contributed by atoms with E-state index in [9.17, 15) is 24.1 Å². The Hall–Kier alpha value is -2.96. The van der Waals surface area contributed by atoms with Crippen molar-refractivity contribution in [1.29, 1.82) is 0 Å². The number of halogens is 1. The quantitative estimate of drug-likeness (QED) is 0.246. The zero-order valence-corrected chi connectivity index (χ0v) is 21.7. The third-order valence-electron chi connectivity index (χ3n) is 5.56. The number of ether oxygens (including phenoxy) is 2. The summed E-state index contributed by atoms with van der Waals surface area (Å²) < 4.78 is 45.8. The molecule has 2 N–H and O–H groups in total. The van der Waals surface area contributed by atoms with Crippen molar-refractivity contribution >= 4 is 14.1 Å². The molecule has 2 heterocycles. The van der Waals surface area contributed by atoms with Gasteiger partial charge in [0.1, 0.15) is 18.8 Å². The van der Waals surface area contributed by atoms with Crippen LogP contribution in [0, 0.1) is 0 Å².